The van der Waals surface area contributed by atoms with Gasteiger partial charge < -0.3 is 4.74 Å². The second-order valence-electron chi connectivity index (χ2n) is 5.40. The number of thiazole rings is 1. The number of amides is 2. The Morgan fingerprint density at radius 2 is 1.93 bits per heavy atom. The first-order valence-electron chi connectivity index (χ1n) is 7.82. The minimum Gasteiger partial charge on any atom is -0.496 e. The van der Waals surface area contributed by atoms with Gasteiger partial charge in [0, 0.05) is 11.2 Å². The topological polar surface area (TPSA) is 93.2 Å². The Morgan fingerprint density at radius 1 is 1.15 bits per heavy atom. The number of methoxy groups -OCH3 is 1. The summed E-state index contributed by atoms with van der Waals surface area (Å²) >= 11 is 7.08. The van der Waals surface area contributed by atoms with Gasteiger partial charge in [0.15, 0.2) is 0 Å². The maximum absolute atomic E-state index is 12.4. The van der Waals surface area contributed by atoms with Crippen LogP contribution in [0.2, 0.25) is 5.02 Å². The van der Waals surface area contributed by atoms with E-state index in [-0.39, 0.29) is 5.56 Å². The van der Waals surface area contributed by atoms with Gasteiger partial charge in [0.2, 0.25) is 0 Å². The number of ether oxygens (including phenoxy) is 1. The molecule has 3 aromatic rings. The zero-order valence-electron chi connectivity index (χ0n) is 14.4. The summed E-state index contributed by atoms with van der Waals surface area (Å²) in [4.78, 5) is 33.7. The predicted molar refractivity (Wildman–Crippen MR) is 103 cm³/mol. The second kappa shape index (κ2) is 8.15. The van der Waals surface area contributed by atoms with Crippen LogP contribution in [0.3, 0.4) is 0 Å². The van der Waals surface area contributed by atoms with Crippen molar-refractivity contribution in [3.8, 4) is 16.5 Å². The summed E-state index contributed by atoms with van der Waals surface area (Å²) in [5, 5.41) is 1.07. The van der Waals surface area contributed by atoms with Crippen LogP contribution in [-0.2, 0) is 0 Å². The predicted octanol–water partition coefficient (Wildman–Crippen LogP) is 3.25. The van der Waals surface area contributed by atoms with Crippen molar-refractivity contribution in [2.24, 2.45) is 0 Å². The first kappa shape index (κ1) is 18.8. The highest BCUT2D eigenvalue weighted by Gasteiger charge is 2.18. The zero-order chi connectivity index (χ0) is 19.4. The van der Waals surface area contributed by atoms with E-state index in [4.69, 9.17) is 16.3 Å². The van der Waals surface area contributed by atoms with Gasteiger partial charge in [-0.25, -0.2) is 4.98 Å². The minimum absolute atomic E-state index is 0.248. The standard InChI is InChI=1S/C18H15ClN4O3S/c1-10-15(27-18(21-10)13-5-3-4-8-20-13)17(25)23-22-16(24)12-7-6-11(19)9-14(12)26-2/h3-9H,1-2H3,(H,22,24)(H,23,25). The van der Waals surface area contributed by atoms with Crippen molar-refractivity contribution in [2.75, 3.05) is 7.11 Å². The SMILES string of the molecule is COc1cc(Cl)ccc1C(=O)NNC(=O)c1sc(-c2ccccn2)nc1C. The lowest BCUT2D eigenvalue weighted by atomic mass is 10.2. The fourth-order valence-electron chi connectivity index (χ4n) is 2.30. The van der Waals surface area contributed by atoms with Crippen LogP contribution in [0.5, 0.6) is 5.75 Å². The van der Waals surface area contributed by atoms with Gasteiger partial charge in [-0.3, -0.25) is 25.4 Å². The summed E-state index contributed by atoms with van der Waals surface area (Å²) in [6.07, 6.45) is 1.66. The van der Waals surface area contributed by atoms with E-state index in [1.54, 1.807) is 25.3 Å². The molecule has 2 amide bonds. The van der Waals surface area contributed by atoms with E-state index in [1.807, 2.05) is 12.1 Å². The van der Waals surface area contributed by atoms with Crippen molar-refractivity contribution in [3.63, 3.8) is 0 Å². The Labute approximate surface area is 164 Å². The number of halogens is 1. The summed E-state index contributed by atoms with van der Waals surface area (Å²) in [5.74, 6) is -0.682. The molecule has 7 nitrogen and oxygen atoms in total. The third kappa shape index (κ3) is 4.24. The number of pyridine rings is 1. The molecule has 0 radical (unpaired) electrons. The molecule has 0 bridgehead atoms. The van der Waals surface area contributed by atoms with E-state index >= 15 is 0 Å². The average Bonchev–Trinajstić information content (AvgIpc) is 3.08. The number of hydrazine groups is 1. The first-order chi connectivity index (χ1) is 13.0. The smallest absolute Gasteiger partial charge is 0.281 e. The van der Waals surface area contributed by atoms with Gasteiger partial charge in [0.1, 0.15) is 15.6 Å². The first-order valence-corrected chi connectivity index (χ1v) is 9.02. The normalized spacial score (nSPS) is 10.3. The van der Waals surface area contributed by atoms with Crippen molar-refractivity contribution < 1.29 is 14.3 Å². The second-order valence-corrected chi connectivity index (χ2v) is 6.84. The van der Waals surface area contributed by atoms with Crippen LogP contribution in [0.15, 0.2) is 42.6 Å². The van der Waals surface area contributed by atoms with Crippen LogP contribution in [-0.4, -0.2) is 28.9 Å². The van der Waals surface area contributed by atoms with E-state index in [1.165, 1.54) is 30.6 Å². The number of carbonyl (C=O) groups is 2. The molecule has 2 N–H and O–H groups in total. The molecule has 0 aliphatic rings. The fourth-order valence-corrected chi connectivity index (χ4v) is 3.40. The number of hydrogen-bond acceptors (Lipinski definition) is 6. The molecule has 1 aromatic carbocycles. The highest BCUT2D eigenvalue weighted by atomic mass is 35.5. The molecule has 0 aliphatic heterocycles. The molecular formula is C18H15ClN4O3S. The Hall–Kier alpha value is -2.97. The molecule has 0 unspecified atom stereocenters. The Bertz CT molecular complexity index is 992. The molecule has 0 spiro atoms. The third-order valence-corrected chi connectivity index (χ3v) is 5.00. The maximum Gasteiger partial charge on any atom is 0.281 e. The summed E-state index contributed by atoms with van der Waals surface area (Å²) in [5.41, 5.74) is 6.24. The highest BCUT2D eigenvalue weighted by Crippen LogP contribution is 2.26. The minimum atomic E-state index is -0.524. The summed E-state index contributed by atoms with van der Waals surface area (Å²) in [6.45, 7) is 1.72. The van der Waals surface area contributed by atoms with Crippen LogP contribution in [0.25, 0.3) is 10.7 Å². The van der Waals surface area contributed by atoms with Crippen LogP contribution in [0, 0.1) is 6.92 Å². The number of aryl methyl sites for hydroxylation is 1. The monoisotopic (exact) mass is 402 g/mol. The number of nitrogens with one attached hydrogen (secondary N) is 2. The van der Waals surface area contributed by atoms with Crippen LogP contribution in [0.4, 0.5) is 0 Å². The lowest BCUT2D eigenvalue weighted by molar-refractivity contribution is 0.0846. The van der Waals surface area contributed by atoms with Crippen molar-refractivity contribution >= 4 is 34.8 Å². The van der Waals surface area contributed by atoms with E-state index in [0.717, 1.165) is 0 Å². The van der Waals surface area contributed by atoms with Crippen LogP contribution in [0.1, 0.15) is 25.7 Å². The maximum atomic E-state index is 12.4. The number of aromatic nitrogens is 2. The molecule has 0 saturated heterocycles. The lowest BCUT2D eigenvalue weighted by Gasteiger charge is -2.10. The summed E-state index contributed by atoms with van der Waals surface area (Å²) < 4.78 is 5.14. The van der Waals surface area contributed by atoms with Crippen molar-refractivity contribution in [1.82, 2.24) is 20.8 Å². The Morgan fingerprint density at radius 3 is 2.63 bits per heavy atom. The van der Waals surface area contributed by atoms with E-state index in [0.29, 0.717) is 32.0 Å². The Kier molecular flexibility index (Phi) is 5.68. The molecule has 3 rings (SSSR count). The van der Waals surface area contributed by atoms with Gasteiger partial charge >= 0.3 is 0 Å². The molecule has 0 atom stereocenters. The molecule has 0 fully saturated rings. The van der Waals surface area contributed by atoms with Gasteiger partial charge in [-0.2, -0.15) is 0 Å². The molecule has 27 heavy (non-hydrogen) atoms. The van der Waals surface area contributed by atoms with Gasteiger partial charge in [-0.15, -0.1) is 11.3 Å². The van der Waals surface area contributed by atoms with Crippen LogP contribution >= 0.6 is 22.9 Å². The quantitative estimate of drug-likeness (QED) is 0.653. The van der Waals surface area contributed by atoms with Crippen molar-refractivity contribution in [2.45, 2.75) is 6.92 Å². The fraction of sp³-hybridized carbons (Fsp3) is 0.111. The van der Waals surface area contributed by atoms with Crippen molar-refractivity contribution in [3.05, 3.63) is 63.8 Å². The molecule has 138 valence electrons. The number of carbonyl (C=O) groups excluding carboxylic acids is 2. The largest absolute Gasteiger partial charge is 0.496 e. The number of hydrogen-bond donors (Lipinski definition) is 2. The average molecular weight is 403 g/mol. The highest BCUT2D eigenvalue weighted by molar-refractivity contribution is 7.17. The molecular weight excluding hydrogens is 388 g/mol. The molecule has 2 aromatic heterocycles. The van der Waals surface area contributed by atoms with E-state index < -0.39 is 11.8 Å². The summed E-state index contributed by atoms with van der Waals surface area (Å²) in [6, 6.07) is 10.1. The number of rotatable bonds is 4. The van der Waals surface area contributed by atoms with Crippen LogP contribution < -0.4 is 15.6 Å². The van der Waals surface area contributed by atoms with Gasteiger partial charge in [0.05, 0.1) is 24.1 Å². The van der Waals surface area contributed by atoms with E-state index in [2.05, 4.69) is 20.8 Å². The van der Waals surface area contributed by atoms with Gasteiger partial charge in [-0.05, 0) is 37.3 Å². The number of nitrogens with zero attached hydrogens (tertiary/aromatic N) is 2. The van der Waals surface area contributed by atoms with Gasteiger partial charge in [-0.1, -0.05) is 17.7 Å². The lowest BCUT2D eigenvalue weighted by Crippen LogP contribution is -2.41. The Balaban J connectivity index is 1.71. The van der Waals surface area contributed by atoms with Gasteiger partial charge in [0.25, 0.3) is 11.8 Å². The molecule has 0 saturated carbocycles. The number of benzene rings is 1. The van der Waals surface area contributed by atoms with Crippen molar-refractivity contribution in [1.29, 1.82) is 0 Å². The molecule has 0 aliphatic carbocycles. The zero-order valence-corrected chi connectivity index (χ0v) is 16.0. The summed E-state index contributed by atoms with van der Waals surface area (Å²) in [7, 11) is 1.43. The molecule has 9 heteroatoms. The molecule has 2 heterocycles. The van der Waals surface area contributed by atoms with E-state index in [9.17, 15) is 9.59 Å². The third-order valence-electron chi connectivity index (χ3n) is 3.58.